The molecule has 1 fully saturated rings. The van der Waals surface area contributed by atoms with Gasteiger partial charge in [-0.1, -0.05) is 37.6 Å². The summed E-state index contributed by atoms with van der Waals surface area (Å²) >= 11 is 1.27. The summed E-state index contributed by atoms with van der Waals surface area (Å²) in [5.41, 5.74) is 0. The van der Waals surface area contributed by atoms with Crippen molar-refractivity contribution in [1.82, 2.24) is 20.2 Å². The molecule has 3 N–H and O–H groups in total. The Kier molecular flexibility index (Phi) is 7.02. The number of nitrogens with two attached hydrogens (primary N) is 1. The minimum atomic E-state index is 0.000862. The van der Waals surface area contributed by atoms with E-state index in [1.807, 2.05) is 18.2 Å². The predicted molar refractivity (Wildman–Crippen MR) is 108 cm³/mol. The van der Waals surface area contributed by atoms with Gasteiger partial charge in [0.2, 0.25) is 11.1 Å². The van der Waals surface area contributed by atoms with Gasteiger partial charge in [-0.15, -0.1) is 10.2 Å². The fourth-order valence-corrected chi connectivity index (χ4v) is 3.94. The number of carbonyl (C=O) groups is 1. The third-order valence-electron chi connectivity index (χ3n) is 4.93. The largest absolute Gasteiger partial charge is 0.497 e. The molecule has 0 saturated heterocycles. The fraction of sp³-hybridized carbons (Fsp3) is 0.526. The molecule has 152 valence electrons. The van der Waals surface area contributed by atoms with Gasteiger partial charge < -0.3 is 20.6 Å². The molecule has 1 aromatic heterocycles. The second-order valence-electron chi connectivity index (χ2n) is 6.96. The van der Waals surface area contributed by atoms with Gasteiger partial charge >= 0.3 is 0 Å². The fourth-order valence-electron chi connectivity index (χ4n) is 3.25. The number of nitrogen functional groups attached to an aromatic ring is 1. The minimum Gasteiger partial charge on any atom is -0.497 e. The highest BCUT2D eigenvalue weighted by Gasteiger charge is 2.23. The number of rotatable bonds is 8. The highest BCUT2D eigenvalue weighted by Crippen LogP contribution is 2.24. The van der Waals surface area contributed by atoms with E-state index in [1.54, 1.807) is 13.2 Å². The van der Waals surface area contributed by atoms with Gasteiger partial charge in [0.05, 0.1) is 12.9 Å². The molecule has 3 rings (SSSR count). The summed E-state index contributed by atoms with van der Waals surface area (Å²) in [6, 6.07) is 7.56. The minimum absolute atomic E-state index is 0.000862. The number of nitrogens with one attached hydrogen (secondary N) is 1. The maximum absolute atomic E-state index is 12.3. The summed E-state index contributed by atoms with van der Waals surface area (Å²) in [4.78, 5) is 12.3. The van der Waals surface area contributed by atoms with Crippen molar-refractivity contribution < 1.29 is 14.3 Å². The van der Waals surface area contributed by atoms with Gasteiger partial charge in [0.25, 0.3) is 0 Å². The van der Waals surface area contributed by atoms with Crippen molar-refractivity contribution in [3.63, 3.8) is 0 Å². The SMILES string of the molecule is COc1cccc(OCc2nnc(SCC(=O)N[C@@H]3CCCC[C@@H]3C)n2N)c1. The van der Waals surface area contributed by atoms with Crippen molar-refractivity contribution in [2.24, 2.45) is 5.92 Å². The Balaban J connectivity index is 1.49. The number of carbonyl (C=O) groups excluding carboxylic acids is 1. The molecule has 0 aliphatic heterocycles. The monoisotopic (exact) mass is 405 g/mol. The number of nitrogens with zero attached hydrogens (tertiary/aromatic N) is 3. The molecule has 0 bridgehead atoms. The molecule has 1 aromatic carbocycles. The van der Waals surface area contributed by atoms with E-state index in [0.717, 1.165) is 6.42 Å². The number of aromatic nitrogens is 3. The first kappa shape index (κ1) is 20.3. The van der Waals surface area contributed by atoms with Crippen LogP contribution >= 0.6 is 11.8 Å². The molecule has 2 aromatic rings. The lowest BCUT2D eigenvalue weighted by atomic mass is 9.86. The molecule has 0 radical (unpaired) electrons. The molecule has 9 heteroatoms. The van der Waals surface area contributed by atoms with Crippen molar-refractivity contribution in [2.75, 3.05) is 18.7 Å². The molecule has 0 spiro atoms. The second-order valence-corrected chi connectivity index (χ2v) is 7.90. The van der Waals surface area contributed by atoms with Crippen molar-refractivity contribution in [1.29, 1.82) is 0 Å². The van der Waals surface area contributed by atoms with E-state index in [4.69, 9.17) is 15.3 Å². The Morgan fingerprint density at radius 3 is 2.89 bits per heavy atom. The summed E-state index contributed by atoms with van der Waals surface area (Å²) in [5, 5.41) is 11.7. The van der Waals surface area contributed by atoms with Crippen LogP contribution in [0, 0.1) is 5.92 Å². The molecule has 1 aliphatic carbocycles. The van der Waals surface area contributed by atoms with Crippen molar-refractivity contribution in [2.45, 2.75) is 50.4 Å². The summed E-state index contributed by atoms with van der Waals surface area (Å²) in [5.74, 6) is 8.68. The number of ether oxygens (including phenoxy) is 2. The van der Waals surface area contributed by atoms with Crippen LogP contribution in [0.1, 0.15) is 38.4 Å². The molecule has 1 amide bonds. The van der Waals surface area contributed by atoms with Crippen LogP contribution in [-0.4, -0.2) is 39.7 Å². The van der Waals surface area contributed by atoms with E-state index in [1.165, 1.54) is 35.7 Å². The van der Waals surface area contributed by atoms with Gasteiger partial charge in [0, 0.05) is 12.1 Å². The third kappa shape index (κ3) is 5.31. The summed E-state index contributed by atoms with van der Waals surface area (Å²) in [7, 11) is 1.60. The van der Waals surface area contributed by atoms with Crippen LogP contribution in [0.5, 0.6) is 11.5 Å². The van der Waals surface area contributed by atoms with E-state index >= 15 is 0 Å². The molecule has 0 unspecified atom stereocenters. The summed E-state index contributed by atoms with van der Waals surface area (Å²) in [6.45, 7) is 2.37. The van der Waals surface area contributed by atoms with Crippen LogP contribution in [0.25, 0.3) is 0 Å². The van der Waals surface area contributed by atoms with Gasteiger partial charge in [0.15, 0.2) is 5.82 Å². The van der Waals surface area contributed by atoms with E-state index in [9.17, 15) is 4.79 Å². The molecular weight excluding hydrogens is 378 g/mol. The van der Waals surface area contributed by atoms with Crippen LogP contribution in [0.4, 0.5) is 0 Å². The maximum Gasteiger partial charge on any atom is 0.230 e. The van der Waals surface area contributed by atoms with Crippen molar-refractivity contribution in [3.8, 4) is 11.5 Å². The zero-order valence-corrected chi connectivity index (χ0v) is 17.1. The smallest absolute Gasteiger partial charge is 0.230 e. The number of hydrogen-bond acceptors (Lipinski definition) is 7. The number of benzene rings is 1. The predicted octanol–water partition coefficient (Wildman–Crippen LogP) is 2.37. The average molecular weight is 406 g/mol. The van der Waals surface area contributed by atoms with Crippen LogP contribution in [0.3, 0.4) is 0 Å². The van der Waals surface area contributed by atoms with Gasteiger partial charge in [-0.25, -0.2) is 4.68 Å². The average Bonchev–Trinajstić information content (AvgIpc) is 3.06. The number of hydrogen-bond donors (Lipinski definition) is 2. The summed E-state index contributed by atoms with van der Waals surface area (Å²) in [6.07, 6.45) is 4.65. The first-order valence-electron chi connectivity index (χ1n) is 9.45. The Bertz CT molecular complexity index is 798. The van der Waals surface area contributed by atoms with E-state index in [2.05, 4.69) is 22.4 Å². The quantitative estimate of drug-likeness (QED) is 0.513. The summed E-state index contributed by atoms with van der Waals surface area (Å²) < 4.78 is 12.2. The Morgan fingerprint density at radius 2 is 2.11 bits per heavy atom. The van der Waals surface area contributed by atoms with E-state index in [-0.39, 0.29) is 24.3 Å². The zero-order chi connectivity index (χ0) is 19.9. The van der Waals surface area contributed by atoms with Gasteiger partial charge in [0.1, 0.15) is 18.1 Å². The molecular formula is C19H27N5O3S. The van der Waals surface area contributed by atoms with Crippen LogP contribution < -0.4 is 20.6 Å². The molecule has 2 atom stereocenters. The van der Waals surface area contributed by atoms with Crippen LogP contribution in [-0.2, 0) is 11.4 Å². The molecule has 1 heterocycles. The van der Waals surface area contributed by atoms with Gasteiger partial charge in [-0.05, 0) is 30.9 Å². The molecule has 8 nitrogen and oxygen atoms in total. The van der Waals surface area contributed by atoms with Gasteiger partial charge in [-0.2, -0.15) is 0 Å². The third-order valence-corrected chi connectivity index (χ3v) is 5.88. The highest BCUT2D eigenvalue weighted by atomic mass is 32.2. The molecule has 28 heavy (non-hydrogen) atoms. The first-order valence-corrected chi connectivity index (χ1v) is 10.4. The van der Waals surface area contributed by atoms with E-state index in [0.29, 0.717) is 28.4 Å². The zero-order valence-electron chi connectivity index (χ0n) is 16.3. The first-order chi connectivity index (χ1) is 13.6. The lowest BCUT2D eigenvalue weighted by Gasteiger charge is -2.29. The second kappa shape index (κ2) is 9.68. The van der Waals surface area contributed by atoms with Crippen molar-refractivity contribution >= 4 is 17.7 Å². The highest BCUT2D eigenvalue weighted by molar-refractivity contribution is 7.99. The van der Waals surface area contributed by atoms with E-state index < -0.39 is 0 Å². The Morgan fingerprint density at radius 1 is 1.32 bits per heavy atom. The molecule has 1 saturated carbocycles. The number of amides is 1. The van der Waals surface area contributed by atoms with Gasteiger partial charge in [-0.3, -0.25) is 4.79 Å². The number of methoxy groups -OCH3 is 1. The Hall–Kier alpha value is -2.42. The normalized spacial score (nSPS) is 19.2. The Labute approximate surface area is 169 Å². The van der Waals surface area contributed by atoms with Crippen LogP contribution in [0.2, 0.25) is 0 Å². The standard InChI is InChI=1S/C19H27N5O3S/c1-13-6-3-4-9-16(13)21-18(25)12-28-19-23-22-17(24(19)20)11-27-15-8-5-7-14(10-15)26-2/h5,7-8,10,13,16H,3-4,6,9,11-12,20H2,1-2H3,(H,21,25)/t13-,16+/m0/s1. The molecule has 1 aliphatic rings. The number of thioether (sulfide) groups is 1. The lowest BCUT2D eigenvalue weighted by Crippen LogP contribution is -2.41. The lowest BCUT2D eigenvalue weighted by molar-refractivity contribution is -0.119. The van der Waals surface area contributed by atoms with Crippen LogP contribution in [0.15, 0.2) is 29.4 Å². The topological polar surface area (TPSA) is 104 Å². The van der Waals surface area contributed by atoms with Crippen molar-refractivity contribution in [3.05, 3.63) is 30.1 Å². The maximum atomic E-state index is 12.3.